The summed E-state index contributed by atoms with van der Waals surface area (Å²) in [6.45, 7) is 4.30. The number of rotatable bonds is 9. The highest BCUT2D eigenvalue weighted by molar-refractivity contribution is 6.17. The van der Waals surface area contributed by atoms with Gasteiger partial charge in [-0.3, -0.25) is 4.79 Å². The molecule has 27 heavy (non-hydrogen) atoms. The van der Waals surface area contributed by atoms with Crippen LogP contribution in [0.5, 0.6) is 0 Å². The average molecular weight is 364 g/mol. The Kier molecular flexibility index (Phi) is 6.46. The third-order valence-corrected chi connectivity index (χ3v) is 5.39. The number of aromatic nitrogens is 1. The molecule has 142 valence electrons. The Morgan fingerprint density at radius 1 is 1.00 bits per heavy atom. The van der Waals surface area contributed by atoms with E-state index in [1.807, 2.05) is 55.5 Å². The van der Waals surface area contributed by atoms with Crippen LogP contribution >= 0.6 is 0 Å². The Labute approximate surface area is 161 Å². The first-order valence-corrected chi connectivity index (χ1v) is 9.99. The normalized spacial score (nSPS) is 12.4. The van der Waals surface area contributed by atoms with Gasteiger partial charge < -0.3 is 9.67 Å². The topological polar surface area (TPSA) is 42.2 Å². The molecular weight excluding hydrogens is 334 g/mol. The Morgan fingerprint density at radius 3 is 2.41 bits per heavy atom. The number of hydrogen-bond donors (Lipinski definition) is 1. The number of carbonyl (C=O) groups is 1. The Morgan fingerprint density at radius 2 is 1.70 bits per heavy atom. The zero-order chi connectivity index (χ0) is 19.2. The third kappa shape index (κ3) is 3.98. The number of para-hydroxylation sites is 1. The van der Waals surface area contributed by atoms with Gasteiger partial charge in [0.05, 0.1) is 18.2 Å². The molecular formula is C24H29NO2. The summed E-state index contributed by atoms with van der Waals surface area (Å²) in [6, 6.07) is 17.5. The lowest BCUT2D eigenvalue weighted by Crippen LogP contribution is -2.15. The number of ketones is 1. The van der Waals surface area contributed by atoms with Gasteiger partial charge in [-0.2, -0.15) is 0 Å². The summed E-state index contributed by atoms with van der Waals surface area (Å²) in [7, 11) is 0. The van der Waals surface area contributed by atoms with E-state index < -0.39 is 0 Å². The molecule has 1 N–H and O–H groups in total. The number of nitrogens with zero attached hydrogens (tertiary/aromatic N) is 1. The number of carbonyl (C=O) groups excluding carboxylic acids is 1. The quantitative estimate of drug-likeness (QED) is 0.392. The number of fused-ring (bicyclic) bond motifs is 1. The maximum absolute atomic E-state index is 13.2. The minimum atomic E-state index is 0.00378. The fourth-order valence-corrected chi connectivity index (χ4v) is 3.99. The van der Waals surface area contributed by atoms with Crippen molar-refractivity contribution in [2.45, 2.75) is 52.0 Å². The maximum atomic E-state index is 13.2. The number of benzene rings is 2. The summed E-state index contributed by atoms with van der Waals surface area (Å²) < 4.78 is 2.18. The van der Waals surface area contributed by atoms with Crippen LogP contribution in [-0.4, -0.2) is 22.1 Å². The fraction of sp³-hybridized carbons (Fsp3) is 0.375. The van der Waals surface area contributed by atoms with Crippen LogP contribution in [0.1, 0.15) is 66.7 Å². The first-order valence-electron chi connectivity index (χ1n) is 9.99. The van der Waals surface area contributed by atoms with E-state index in [1.54, 1.807) is 0 Å². The van der Waals surface area contributed by atoms with E-state index in [9.17, 15) is 9.90 Å². The summed E-state index contributed by atoms with van der Waals surface area (Å²) >= 11 is 0. The summed E-state index contributed by atoms with van der Waals surface area (Å²) in [5.74, 6) is 0.0470. The predicted molar refractivity (Wildman–Crippen MR) is 111 cm³/mol. The summed E-state index contributed by atoms with van der Waals surface area (Å²) in [5.41, 5.74) is 3.43. The Balaban J connectivity index is 2.04. The molecule has 1 aromatic heterocycles. The molecule has 0 aliphatic rings. The van der Waals surface area contributed by atoms with Crippen molar-refractivity contribution in [3.63, 3.8) is 0 Å². The third-order valence-electron chi connectivity index (χ3n) is 5.39. The second-order valence-corrected chi connectivity index (χ2v) is 7.23. The van der Waals surface area contributed by atoms with Gasteiger partial charge >= 0.3 is 0 Å². The van der Waals surface area contributed by atoms with Gasteiger partial charge in [0.2, 0.25) is 0 Å². The number of hydrogen-bond acceptors (Lipinski definition) is 2. The predicted octanol–water partition coefficient (Wildman–Crippen LogP) is 5.68. The zero-order valence-corrected chi connectivity index (χ0v) is 16.3. The zero-order valence-electron chi connectivity index (χ0n) is 16.3. The monoisotopic (exact) mass is 363 g/mol. The van der Waals surface area contributed by atoms with Gasteiger partial charge in [0.15, 0.2) is 5.78 Å². The average Bonchev–Trinajstić information content (AvgIpc) is 3.00. The van der Waals surface area contributed by atoms with Crippen LogP contribution in [0.15, 0.2) is 54.6 Å². The van der Waals surface area contributed by atoms with Gasteiger partial charge in [0.1, 0.15) is 0 Å². The molecule has 2 aromatic carbocycles. The van der Waals surface area contributed by atoms with Crippen molar-refractivity contribution in [1.29, 1.82) is 0 Å². The highest BCUT2D eigenvalue weighted by atomic mass is 16.3. The molecule has 0 amide bonds. The van der Waals surface area contributed by atoms with Crippen molar-refractivity contribution >= 4 is 16.7 Å². The van der Waals surface area contributed by atoms with E-state index in [4.69, 9.17) is 0 Å². The standard InChI is InChI=1S/C24H29NO2/c1-3-4-5-9-14-20(17-26)25-18(2)23(21-15-10-11-16-22(21)25)24(27)19-12-7-6-8-13-19/h6-8,10-13,15-16,20,26H,3-5,9,14,17H2,1-2H3. The second-order valence-electron chi connectivity index (χ2n) is 7.23. The summed E-state index contributed by atoms with van der Waals surface area (Å²) in [5, 5.41) is 11.0. The van der Waals surface area contributed by atoms with E-state index in [1.165, 1.54) is 19.3 Å². The highest BCUT2D eigenvalue weighted by Gasteiger charge is 2.24. The summed E-state index contributed by atoms with van der Waals surface area (Å²) in [6.07, 6.45) is 5.62. The highest BCUT2D eigenvalue weighted by Crippen LogP contribution is 2.32. The van der Waals surface area contributed by atoms with E-state index in [-0.39, 0.29) is 18.4 Å². The first-order chi connectivity index (χ1) is 13.2. The van der Waals surface area contributed by atoms with E-state index >= 15 is 0 Å². The molecule has 0 radical (unpaired) electrons. The molecule has 1 heterocycles. The van der Waals surface area contributed by atoms with Crippen molar-refractivity contribution in [1.82, 2.24) is 4.57 Å². The SMILES string of the molecule is CCCCCCC(CO)n1c(C)c(C(=O)c2ccccc2)c2ccccc21. The van der Waals surface area contributed by atoms with Crippen LogP contribution in [0.25, 0.3) is 10.9 Å². The van der Waals surface area contributed by atoms with Crippen molar-refractivity contribution in [2.75, 3.05) is 6.61 Å². The number of unbranched alkanes of at least 4 members (excludes halogenated alkanes) is 3. The van der Waals surface area contributed by atoms with Crippen LogP contribution in [0.2, 0.25) is 0 Å². The summed E-state index contributed by atoms with van der Waals surface area (Å²) in [4.78, 5) is 13.2. The van der Waals surface area contributed by atoms with Gasteiger partial charge in [0, 0.05) is 22.2 Å². The number of aliphatic hydroxyl groups excluding tert-OH is 1. The molecule has 0 aliphatic heterocycles. The molecule has 0 saturated carbocycles. The lowest BCUT2D eigenvalue weighted by atomic mass is 10.0. The molecule has 3 heteroatoms. The van der Waals surface area contributed by atoms with Crippen LogP contribution in [0.3, 0.4) is 0 Å². The van der Waals surface area contributed by atoms with Gasteiger partial charge in [0.25, 0.3) is 0 Å². The molecule has 3 nitrogen and oxygen atoms in total. The maximum Gasteiger partial charge on any atom is 0.195 e. The molecule has 0 aliphatic carbocycles. The van der Waals surface area contributed by atoms with Crippen molar-refractivity contribution in [3.05, 3.63) is 71.4 Å². The van der Waals surface area contributed by atoms with Crippen LogP contribution in [0.4, 0.5) is 0 Å². The van der Waals surface area contributed by atoms with Gasteiger partial charge in [-0.1, -0.05) is 81.1 Å². The van der Waals surface area contributed by atoms with Gasteiger partial charge in [-0.05, 0) is 19.4 Å². The molecule has 1 unspecified atom stereocenters. The Bertz CT molecular complexity index is 895. The molecule has 3 rings (SSSR count). The van der Waals surface area contributed by atoms with Crippen molar-refractivity contribution < 1.29 is 9.90 Å². The first kappa shape index (κ1) is 19.4. The Hall–Kier alpha value is -2.39. The second kappa shape index (κ2) is 9.01. The molecule has 0 bridgehead atoms. The van der Waals surface area contributed by atoms with Crippen molar-refractivity contribution in [3.8, 4) is 0 Å². The van der Waals surface area contributed by atoms with Crippen LogP contribution in [-0.2, 0) is 0 Å². The van der Waals surface area contributed by atoms with Crippen molar-refractivity contribution in [2.24, 2.45) is 0 Å². The van der Waals surface area contributed by atoms with Crippen LogP contribution < -0.4 is 0 Å². The van der Waals surface area contributed by atoms with Gasteiger partial charge in [-0.25, -0.2) is 0 Å². The van der Waals surface area contributed by atoms with E-state index in [0.717, 1.165) is 35.0 Å². The molecule has 0 saturated heterocycles. The van der Waals surface area contributed by atoms with Gasteiger partial charge in [-0.15, -0.1) is 0 Å². The number of aliphatic hydroxyl groups is 1. The molecule has 0 fully saturated rings. The molecule has 0 spiro atoms. The van der Waals surface area contributed by atoms with E-state index in [0.29, 0.717) is 5.56 Å². The fourth-order valence-electron chi connectivity index (χ4n) is 3.99. The molecule has 3 aromatic rings. The minimum Gasteiger partial charge on any atom is -0.394 e. The van der Waals surface area contributed by atoms with E-state index in [2.05, 4.69) is 17.6 Å². The van der Waals surface area contributed by atoms with Crippen LogP contribution in [0, 0.1) is 6.92 Å². The molecule has 1 atom stereocenters. The largest absolute Gasteiger partial charge is 0.394 e. The lowest BCUT2D eigenvalue weighted by molar-refractivity contribution is 0.103. The smallest absolute Gasteiger partial charge is 0.195 e. The minimum absolute atomic E-state index is 0.00378. The lowest BCUT2D eigenvalue weighted by Gasteiger charge is -2.20.